The molecule has 1 aromatic carbocycles. The van der Waals surface area contributed by atoms with Crippen LogP contribution in [0, 0.1) is 0 Å². The molecule has 1 aromatic heterocycles. The van der Waals surface area contributed by atoms with E-state index in [-0.39, 0.29) is 0 Å². The molecule has 0 fully saturated rings. The summed E-state index contributed by atoms with van der Waals surface area (Å²) in [6.45, 7) is 3.39. The lowest BCUT2D eigenvalue weighted by molar-refractivity contribution is 0.320. The second-order valence-corrected chi connectivity index (χ2v) is 6.38. The van der Waals surface area contributed by atoms with Gasteiger partial charge in [0.15, 0.2) is 0 Å². The van der Waals surface area contributed by atoms with Crippen molar-refractivity contribution >= 4 is 33.4 Å². The maximum atomic E-state index is 11.3. The Hall–Kier alpha value is -1.07. The van der Waals surface area contributed by atoms with Gasteiger partial charge in [-0.25, -0.2) is 4.98 Å². The lowest BCUT2D eigenvalue weighted by Gasteiger charge is -2.07. The molecule has 1 heterocycles. The Bertz CT molecular complexity index is 612. The summed E-state index contributed by atoms with van der Waals surface area (Å²) < 4.78 is 19.1. The average molecular weight is 315 g/mol. The van der Waals surface area contributed by atoms with Crippen molar-refractivity contribution in [3.63, 3.8) is 0 Å². The predicted octanol–water partition coefficient (Wildman–Crippen LogP) is 2.94. The molecule has 0 saturated carbocycles. The molecule has 0 radical (unpaired) electrons. The number of para-hydroxylation sites is 1. The molecule has 0 bridgehead atoms. The number of halogens is 1. The fraction of sp³-hybridized carbons (Fsp3) is 0.500. The van der Waals surface area contributed by atoms with Gasteiger partial charge in [-0.2, -0.15) is 0 Å². The van der Waals surface area contributed by atoms with E-state index < -0.39 is 10.8 Å². The lowest BCUT2D eigenvalue weighted by Crippen LogP contribution is -2.09. The van der Waals surface area contributed by atoms with Crippen LogP contribution in [-0.4, -0.2) is 32.4 Å². The van der Waals surface area contributed by atoms with Crippen molar-refractivity contribution < 1.29 is 8.95 Å². The van der Waals surface area contributed by atoms with Crippen LogP contribution < -0.4 is 4.74 Å². The molecule has 2 rings (SSSR count). The third-order valence-electron chi connectivity index (χ3n) is 3.00. The summed E-state index contributed by atoms with van der Waals surface area (Å²) in [7, 11) is -0.836. The molecule has 2 aromatic rings. The van der Waals surface area contributed by atoms with Crippen LogP contribution >= 0.6 is 11.6 Å². The minimum absolute atomic E-state index is 0.332. The van der Waals surface area contributed by atoms with Gasteiger partial charge in [-0.3, -0.25) is 4.21 Å². The van der Waals surface area contributed by atoms with Gasteiger partial charge in [-0.15, -0.1) is 11.6 Å². The summed E-state index contributed by atoms with van der Waals surface area (Å²) in [5.74, 6) is 2.50. The molecule has 0 amide bonds. The van der Waals surface area contributed by atoms with Crippen LogP contribution in [0.25, 0.3) is 11.0 Å². The lowest BCUT2D eigenvalue weighted by atomic mass is 10.3. The molecular formula is C14H19ClN2O2S. The van der Waals surface area contributed by atoms with Crippen molar-refractivity contribution in [1.29, 1.82) is 0 Å². The number of rotatable bonds is 7. The average Bonchev–Trinajstić information content (AvgIpc) is 2.81. The number of aryl methyl sites for hydroxylation is 1. The predicted molar refractivity (Wildman–Crippen MR) is 84.0 cm³/mol. The standard InChI is InChI=1S/C14H19ClN2O2S/c1-3-8-19-12-6-4-5-11-14(12)16-13(10-15)17(11)7-9-20(2)18/h4-6H,3,7-10H2,1-2H3. The molecular weight excluding hydrogens is 296 g/mol. The number of fused-ring (bicyclic) bond motifs is 1. The summed E-state index contributed by atoms with van der Waals surface area (Å²) in [6, 6.07) is 5.87. The summed E-state index contributed by atoms with van der Waals surface area (Å²) in [4.78, 5) is 4.57. The number of nitrogens with zero attached hydrogens (tertiary/aromatic N) is 2. The maximum Gasteiger partial charge on any atom is 0.147 e. The van der Waals surface area contributed by atoms with Crippen molar-refractivity contribution in [2.75, 3.05) is 18.6 Å². The number of imidazole rings is 1. The monoisotopic (exact) mass is 314 g/mol. The molecule has 20 heavy (non-hydrogen) atoms. The van der Waals surface area contributed by atoms with Gasteiger partial charge in [-0.05, 0) is 18.6 Å². The van der Waals surface area contributed by atoms with Crippen LogP contribution in [0.15, 0.2) is 18.2 Å². The Kier molecular flexibility index (Phi) is 5.43. The van der Waals surface area contributed by atoms with Gasteiger partial charge in [0.05, 0.1) is 18.0 Å². The Balaban J connectivity index is 2.42. The van der Waals surface area contributed by atoms with Crippen molar-refractivity contribution in [2.45, 2.75) is 25.8 Å². The highest BCUT2D eigenvalue weighted by Crippen LogP contribution is 2.27. The third-order valence-corrected chi connectivity index (χ3v) is 4.00. The van der Waals surface area contributed by atoms with Crippen LogP contribution in [0.5, 0.6) is 5.75 Å². The maximum absolute atomic E-state index is 11.3. The number of benzene rings is 1. The molecule has 1 atom stereocenters. The highest BCUT2D eigenvalue weighted by molar-refractivity contribution is 7.84. The Morgan fingerprint density at radius 2 is 2.25 bits per heavy atom. The third kappa shape index (κ3) is 3.33. The molecule has 0 spiro atoms. The minimum atomic E-state index is -0.836. The van der Waals surface area contributed by atoms with E-state index in [1.54, 1.807) is 6.26 Å². The van der Waals surface area contributed by atoms with Gasteiger partial charge in [0.2, 0.25) is 0 Å². The van der Waals surface area contributed by atoms with Gasteiger partial charge in [0, 0.05) is 29.4 Å². The van der Waals surface area contributed by atoms with Gasteiger partial charge < -0.3 is 9.30 Å². The SMILES string of the molecule is CCCOc1cccc2c1nc(CCl)n2CCS(C)=O. The van der Waals surface area contributed by atoms with Crippen LogP contribution in [0.4, 0.5) is 0 Å². The molecule has 0 aliphatic carbocycles. The van der Waals surface area contributed by atoms with Crippen LogP contribution in [0.2, 0.25) is 0 Å². The molecule has 6 heteroatoms. The fourth-order valence-electron chi connectivity index (χ4n) is 2.07. The van der Waals surface area contributed by atoms with Crippen LogP contribution in [-0.2, 0) is 23.2 Å². The van der Waals surface area contributed by atoms with Crippen LogP contribution in [0.1, 0.15) is 19.2 Å². The van der Waals surface area contributed by atoms with E-state index >= 15 is 0 Å². The van der Waals surface area contributed by atoms with Crippen LogP contribution in [0.3, 0.4) is 0 Å². The summed E-state index contributed by atoms with van der Waals surface area (Å²) in [6.07, 6.45) is 2.66. The molecule has 0 saturated heterocycles. The number of aromatic nitrogens is 2. The summed E-state index contributed by atoms with van der Waals surface area (Å²) in [5.41, 5.74) is 1.82. The zero-order chi connectivity index (χ0) is 14.5. The first kappa shape index (κ1) is 15.3. The number of hydrogen-bond acceptors (Lipinski definition) is 3. The van der Waals surface area contributed by atoms with E-state index in [1.165, 1.54) is 0 Å². The molecule has 0 aliphatic heterocycles. The molecule has 4 nitrogen and oxygen atoms in total. The summed E-state index contributed by atoms with van der Waals surface area (Å²) >= 11 is 5.98. The highest BCUT2D eigenvalue weighted by Gasteiger charge is 2.13. The highest BCUT2D eigenvalue weighted by atomic mass is 35.5. The zero-order valence-electron chi connectivity index (χ0n) is 11.8. The minimum Gasteiger partial charge on any atom is -0.491 e. The van der Waals surface area contributed by atoms with Gasteiger partial charge in [0.25, 0.3) is 0 Å². The van der Waals surface area contributed by atoms with Crippen molar-refractivity contribution in [2.24, 2.45) is 0 Å². The Morgan fingerprint density at radius 3 is 2.90 bits per heavy atom. The fourth-order valence-corrected chi connectivity index (χ4v) is 2.71. The van der Waals surface area contributed by atoms with Crippen molar-refractivity contribution in [3.8, 4) is 5.75 Å². The van der Waals surface area contributed by atoms with Crippen molar-refractivity contribution in [1.82, 2.24) is 9.55 Å². The first-order valence-electron chi connectivity index (χ1n) is 6.64. The van der Waals surface area contributed by atoms with Gasteiger partial charge in [-0.1, -0.05) is 13.0 Å². The topological polar surface area (TPSA) is 44.1 Å². The van der Waals surface area contributed by atoms with E-state index in [1.807, 2.05) is 22.8 Å². The smallest absolute Gasteiger partial charge is 0.147 e. The molecule has 110 valence electrons. The summed E-state index contributed by atoms with van der Waals surface area (Å²) in [5, 5.41) is 0. The largest absolute Gasteiger partial charge is 0.491 e. The van der Waals surface area contributed by atoms with Crippen molar-refractivity contribution in [3.05, 3.63) is 24.0 Å². The molecule has 0 aliphatic rings. The molecule has 0 N–H and O–H groups in total. The first-order valence-corrected chi connectivity index (χ1v) is 8.90. The zero-order valence-corrected chi connectivity index (χ0v) is 13.3. The van der Waals surface area contributed by atoms with E-state index in [4.69, 9.17) is 16.3 Å². The quantitative estimate of drug-likeness (QED) is 0.738. The number of alkyl halides is 1. The van der Waals surface area contributed by atoms with E-state index in [9.17, 15) is 4.21 Å². The first-order chi connectivity index (χ1) is 9.67. The van der Waals surface area contributed by atoms with Gasteiger partial charge >= 0.3 is 0 Å². The van der Waals surface area contributed by atoms with Gasteiger partial charge in [0.1, 0.15) is 17.1 Å². The Morgan fingerprint density at radius 1 is 1.45 bits per heavy atom. The van der Waals surface area contributed by atoms with E-state index in [2.05, 4.69) is 11.9 Å². The van der Waals surface area contributed by atoms with E-state index in [0.29, 0.717) is 24.8 Å². The number of hydrogen-bond donors (Lipinski definition) is 0. The Labute approximate surface area is 126 Å². The molecule has 1 unspecified atom stereocenters. The number of ether oxygens (including phenoxy) is 1. The second-order valence-electron chi connectivity index (χ2n) is 4.56. The van der Waals surface area contributed by atoms with E-state index in [0.717, 1.165) is 29.0 Å². The second kappa shape index (κ2) is 7.09. The normalized spacial score (nSPS) is 12.8.